The lowest BCUT2D eigenvalue weighted by atomic mass is 10.1. The summed E-state index contributed by atoms with van der Waals surface area (Å²) in [6.07, 6.45) is 2.25. The molecule has 1 aromatic carbocycles. The van der Waals surface area contributed by atoms with E-state index in [-0.39, 0.29) is 5.91 Å². The van der Waals surface area contributed by atoms with Crippen LogP contribution in [0.3, 0.4) is 0 Å². The maximum Gasteiger partial charge on any atom is 0.253 e. The van der Waals surface area contributed by atoms with Gasteiger partial charge in [0.2, 0.25) is 0 Å². The fraction of sp³-hybridized carbons (Fsp3) is 0.500. The van der Waals surface area contributed by atoms with Crippen LogP contribution in [0.1, 0.15) is 30.1 Å². The van der Waals surface area contributed by atoms with Crippen LogP contribution >= 0.6 is 0 Å². The number of hydrogen-bond donors (Lipinski definition) is 1. The van der Waals surface area contributed by atoms with Gasteiger partial charge in [-0.05, 0) is 24.6 Å². The molecule has 0 fully saturated rings. The van der Waals surface area contributed by atoms with Crippen LogP contribution < -0.4 is 10.6 Å². The highest BCUT2D eigenvalue weighted by molar-refractivity contribution is 5.96. The highest BCUT2D eigenvalue weighted by Gasteiger charge is 2.12. The molecule has 0 aliphatic heterocycles. The van der Waals surface area contributed by atoms with E-state index in [1.165, 1.54) is 0 Å². The average Bonchev–Trinajstić information content (AvgIpc) is 2.35. The second kappa shape index (κ2) is 6.28. The molecule has 4 heteroatoms. The molecule has 0 atom stereocenters. The van der Waals surface area contributed by atoms with Gasteiger partial charge in [0, 0.05) is 33.3 Å². The maximum atomic E-state index is 11.9. The Balaban J connectivity index is 2.97. The van der Waals surface area contributed by atoms with Gasteiger partial charge in [-0.2, -0.15) is 0 Å². The lowest BCUT2D eigenvalue weighted by Gasteiger charge is -2.22. The van der Waals surface area contributed by atoms with Gasteiger partial charge < -0.3 is 15.5 Å². The summed E-state index contributed by atoms with van der Waals surface area (Å²) in [5, 5.41) is 0. The van der Waals surface area contributed by atoms with E-state index in [9.17, 15) is 4.79 Å². The molecule has 18 heavy (non-hydrogen) atoms. The molecule has 0 saturated heterocycles. The predicted molar refractivity (Wildman–Crippen MR) is 77.0 cm³/mol. The smallest absolute Gasteiger partial charge is 0.253 e. The van der Waals surface area contributed by atoms with Crippen LogP contribution in [0.2, 0.25) is 0 Å². The van der Waals surface area contributed by atoms with Gasteiger partial charge in [-0.3, -0.25) is 4.79 Å². The molecule has 1 amide bonds. The number of carbonyl (C=O) groups is 1. The minimum Gasteiger partial charge on any atom is -0.397 e. The van der Waals surface area contributed by atoms with E-state index >= 15 is 0 Å². The quantitative estimate of drug-likeness (QED) is 0.814. The Morgan fingerprint density at radius 2 is 1.94 bits per heavy atom. The monoisotopic (exact) mass is 249 g/mol. The van der Waals surface area contributed by atoms with Gasteiger partial charge in [0.05, 0.1) is 11.4 Å². The van der Waals surface area contributed by atoms with Crippen LogP contribution in [-0.2, 0) is 0 Å². The van der Waals surface area contributed by atoms with Gasteiger partial charge in [-0.25, -0.2) is 0 Å². The summed E-state index contributed by atoms with van der Waals surface area (Å²) in [7, 11) is 5.50. The van der Waals surface area contributed by atoms with Crippen LogP contribution in [-0.4, -0.2) is 38.5 Å². The third-order valence-corrected chi connectivity index (χ3v) is 2.94. The number of amides is 1. The number of rotatable bonds is 5. The second-order valence-electron chi connectivity index (χ2n) is 4.75. The number of benzene rings is 1. The van der Waals surface area contributed by atoms with Crippen LogP contribution in [0.25, 0.3) is 0 Å². The number of nitrogens with zero attached hydrogens (tertiary/aromatic N) is 2. The topological polar surface area (TPSA) is 49.6 Å². The van der Waals surface area contributed by atoms with Gasteiger partial charge in [-0.15, -0.1) is 0 Å². The Hall–Kier alpha value is -1.71. The number of unbranched alkanes of at least 4 members (excludes halogenated alkanes) is 1. The summed E-state index contributed by atoms with van der Waals surface area (Å²) >= 11 is 0. The van der Waals surface area contributed by atoms with Crippen LogP contribution in [0.5, 0.6) is 0 Å². The molecule has 0 bridgehead atoms. The molecule has 1 aromatic rings. The molecule has 1 rings (SSSR count). The number of hydrogen-bond acceptors (Lipinski definition) is 3. The first kappa shape index (κ1) is 14.4. The highest BCUT2D eigenvalue weighted by Crippen LogP contribution is 2.24. The van der Waals surface area contributed by atoms with E-state index in [1.807, 2.05) is 13.1 Å². The van der Waals surface area contributed by atoms with Crippen molar-refractivity contribution < 1.29 is 4.79 Å². The summed E-state index contributed by atoms with van der Waals surface area (Å²) in [5.74, 6) is 0.000131. The summed E-state index contributed by atoms with van der Waals surface area (Å²) in [5.41, 5.74) is 8.28. The molecule has 0 unspecified atom stereocenters. The van der Waals surface area contributed by atoms with Crippen LogP contribution in [0.15, 0.2) is 18.2 Å². The second-order valence-corrected chi connectivity index (χ2v) is 4.75. The third-order valence-electron chi connectivity index (χ3n) is 2.94. The van der Waals surface area contributed by atoms with Crippen molar-refractivity contribution in [1.29, 1.82) is 0 Å². The van der Waals surface area contributed by atoms with Crippen molar-refractivity contribution >= 4 is 17.3 Å². The Morgan fingerprint density at radius 3 is 2.50 bits per heavy atom. The van der Waals surface area contributed by atoms with E-state index in [2.05, 4.69) is 11.8 Å². The molecular formula is C14H23N3O. The Kier molecular flexibility index (Phi) is 5.01. The molecule has 0 spiro atoms. The average molecular weight is 249 g/mol. The first-order valence-electron chi connectivity index (χ1n) is 6.29. The molecule has 100 valence electrons. The number of carbonyl (C=O) groups excluding carboxylic acids is 1. The normalized spacial score (nSPS) is 10.2. The van der Waals surface area contributed by atoms with Gasteiger partial charge in [0.1, 0.15) is 0 Å². The third kappa shape index (κ3) is 3.39. The summed E-state index contributed by atoms with van der Waals surface area (Å²) < 4.78 is 0. The number of nitrogens with two attached hydrogens (primary N) is 1. The summed E-state index contributed by atoms with van der Waals surface area (Å²) in [6.45, 7) is 3.10. The van der Waals surface area contributed by atoms with Gasteiger partial charge in [0.25, 0.3) is 5.91 Å². The number of anilines is 2. The van der Waals surface area contributed by atoms with Crippen molar-refractivity contribution in [2.45, 2.75) is 19.8 Å². The molecule has 0 saturated carbocycles. The summed E-state index contributed by atoms with van der Waals surface area (Å²) in [4.78, 5) is 15.6. The van der Waals surface area contributed by atoms with Gasteiger partial charge >= 0.3 is 0 Å². The Bertz CT molecular complexity index is 416. The Morgan fingerprint density at radius 1 is 1.28 bits per heavy atom. The van der Waals surface area contributed by atoms with Gasteiger partial charge in [-0.1, -0.05) is 13.3 Å². The molecule has 0 aliphatic rings. The van der Waals surface area contributed by atoms with Crippen molar-refractivity contribution in [2.24, 2.45) is 0 Å². The van der Waals surface area contributed by atoms with Crippen molar-refractivity contribution in [3.8, 4) is 0 Å². The predicted octanol–water partition coefficient (Wildman–Crippen LogP) is 2.21. The van der Waals surface area contributed by atoms with Crippen LogP contribution in [0, 0.1) is 0 Å². The zero-order valence-corrected chi connectivity index (χ0v) is 11.7. The van der Waals surface area contributed by atoms with E-state index in [0.717, 1.165) is 25.1 Å². The van der Waals surface area contributed by atoms with Crippen molar-refractivity contribution in [1.82, 2.24) is 4.90 Å². The van der Waals surface area contributed by atoms with E-state index < -0.39 is 0 Å². The standard InChI is InChI=1S/C14H23N3O/c1-5-6-9-17(4)13-10-11(7-8-12(13)15)14(18)16(2)3/h7-8,10H,5-6,9,15H2,1-4H3. The van der Waals surface area contributed by atoms with Crippen molar-refractivity contribution in [3.63, 3.8) is 0 Å². The van der Waals surface area contributed by atoms with Gasteiger partial charge in [0.15, 0.2) is 0 Å². The molecule has 2 N–H and O–H groups in total. The zero-order valence-electron chi connectivity index (χ0n) is 11.7. The first-order valence-corrected chi connectivity index (χ1v) is 6.29. The zero-order chi connectivity index (χ0) is 13.7. The highest BCUT2D eigenvalue weighted by atomic mass is 16.2. The van der Waals surface area contributed by atoms with E-state index in [0.29, 0.717) is 11.3 Å². The Labute approximate surface area is 109 Å². The molecule has 0 aliphatic carbocycles. The van der Waals surface area contributed by atoms with Crippen LogP contribution in [0.4, 0.5) is 11.4 Å². The largest absolute Gasteiger partial charge is 0.397 e. The fourth-order valence-electron chi connectivity index (χ4n) is 1.78. The lowest BCUT2D eigenvalue weighted by molar-refractivity contribution is 0.0827. The van der Waals surface area contributed by atoms with E-state index in [1.54, 1.807) is 31.1 Å². The molecule has 4 nitrogen and oxygen atoms in total. The summed E-state index contributed by atoms with van der Waals surface area (Å²) in [6, 6.07) is 5.44. The first-order chi connectivity index (χ1) is 8.47. The molecular weight excluding hydrogens is 226 g/mol. The molecule has 0 heterocycles. The minimum atomic E-state index is 0.000131. The minimum absolute atomic E-state index is 0.000131. The van der Waals surface area contributed by atoms with Crippen molar-refractivity contribution in [2.75, 3.05) is 38.3 Å². The maximum absolute atomic E-state index is 11.9. The SMILES string of the molecule is CCCCN(C)c1cc(C(=O)N(C)C)ccc1N. The lowest BCUT2D eigenvalue weighted by Crippen LogP contribution is -2.23. The molecule has 0 aromatic heterocycles. The molecule has 0 radical (unpaired) electrons. The van der Waals surface area contributed by atoms with Crippen molar-refractivity contribution in [3.05, 3.63) is 23.8 Å². The fourth-order valence-corrected chi connectivity index (χ4v) is 1.78. The number of nitrogen functional groups attached to an aromatic ring is 1. The van der Waals surface area contributed by atoms with E-state index in [4.69, 9.17) is 5.73 Å².